The lowest BCUT2D eigenvalue weighted by Gasteiger charge is -2.17. The molecule has 0 aromatic carbocycles. The summed E-state index contributed by atoms with van der Waals surface area (Å²) >= 11 is 1.57. The molecule has 0 aliphatic rings. The molecule has 0 spiro atoms. The van der Waals surface area contributed by atoms with Crippen LogP contribution in [-0.4, -0.2) is 51.3 Å². The van der Waals surface area contributed by atoms with Crippen LogP contribution in [0.15, 0.2) is 5.16 Å². The van der Waals surface area contributed by atoms with E-state index in [-0.39, 0.29) is 6.10 Å². The summed E-state index contributed by atoms with van der Waals surface area (Å²) in [5.41, 5.74) is 2.44. The lowest BCUT2D eigenvalue weighted by atomic mass is 10.5. The number of nitrogen functional groups attached to an aromatic ring is 1. The van der Waals surface area contributed by atoms with Gasteiger partial charge >= 0.3 is 6.01 Å². The molecule has 8 heteroatoms. The molecule has 1 aromatic heterocycles. The highest BCUT2D eigenvalue weighted by Crippen LogP contribution is 2.18. The second-order valence-electron chi connectivity index (χ2n) is 4.41. The molecular formula is C12H24N6OS. The standard InChI is InChI=1S/C12H24N6OS/c1-5-18(6-2)7-8-20-12-15-10(17-13)14-11(16-12)19-9(3)4/h9H,5-8,13H2,1-4H3,(H,14,15,16,17). The Labute approximate surface area is 124 Å². The number of hydrazine groups is 1. The van der Waals surface area contributed by atoms with Gasteiger partial charge in [-0.1, -0.05) is 25.6 Å². The summed E-state index contributed by atoms with van der Waals surface area (Å²) in [4.78, 5) is 14.9. The maximum absolute atomic E-state index is 5.49. The Morgan fingerprint density at radius 2 is 1.95 bits per heavy atom. The first-order valence-electron chi connectivity index (χ1n) is 6.83. The summed E-state index contributed by atoms with van der Waals surface area (Å²) in [6, 6.07) is 0.299. The van der Waals surface area contributed by atoms with Crippen molar-refractivity contribution in [2.24, 2.45) is 5.84 Å². The molecule has 20 heavy (non-hydrogen) atoms. The van der Waals surface area contributed by atoms with E-state index in [2.05, 4.69) is 39.1 Å². The molecule has 0 saturated carbocycles. The van der Waals surface area contributed by atoms with Crippen LogP contribution >= 0.6 is 11.8 Å². The van der Waals surface area contributed by atoms with Gasteiger partial charge in [-0.3, -0.25) is 5.43 Å². The molecule has 1 aromatic rings. The van der Waals surface area contributed by atoms with Crippen LogP contribution in [0.5, 0.6) is 6.01 Å². The van der Waals surface area contributed by atoms with Crippen LogP contribution < -0.4 is 16.0 Å². The molecule has 0 aliphatic heterocycles. The average molecular weight is 300 g/mol. The van der Waals surface area contributed by atoms with Crippen molar-refractivity contribution >= 4 is 17.7 Å². The molecule has 0 fully saturated rings. The number of ether oxygens (including phenoxy) is 1. The maximum Gasteiger partial charge on any atom is 0.322 e. The van der Waals surface area contributed by atoms with Crippen LogP contribution in [0.4, 0.5) is 5.95 Å². The predicted octanol–water partition coefficient (Wildman–Crippen LogP) is 1.38. The molecular weight excluding hydrogens is 276 g/mol. The van der Waals surface area contributed by atoms with Crippen LogP contribution in [0, 0.1) is 0 Å². The normalized spacial score (nSPS) is 11.2. The first kappa shape index (κ1) is 16.9. The molecule has 0 radical (unpaired) electrons. The molecule has 3 N–H and O–H groups in total. The summed E-state index contributed by atoms with van der Waals surface area (Å²) in [7, 11) is 0. The van der Waals surface area contributed by atoms with E-state index >= 15 is 0 Å². The van der Waals surface area contributed by atoms with Gasteiger partial charge in [0.2, 0.25) is 5.95 Å². The number of aromatic nitrogens is 3. The fourth-order valence-electron chi connectivity index (χ4n) is 1.54. The smallest absolute Gasteiger partial charge is 0.322 e. The third-order valence-corrected chi connectivity index (χ3v) is 3.43. The van der Waals surface area contributed by atoms with Crippen LogP contribution in [-0.2, 0) is 0 Å². The summed E-state index contributed by atoms with van der Waals surface area (Å²) < 4.78 is 5.49. The van der Waals surface area contributed by atoms with Crippen LogP contribution in [0.1, 0.15) is 27.7 Å². The zero-order valence-corrected chi connectivity index (χ0v) is 13.4. The quantitative estimate of drug-likeness (QED) is 0.402. The fraction of sp³-hybridized carbons (Fsp3) is 0.750. The van der Waals surface area contributed by atoms with E-state index < -0.39 is 0 Å². The molecule has 0 atom stereocenters. The number of nitrogens with two attached hydrogens (primary N) is 1. The van der Waals surface area contributed by atoms with Crippen molar-refractivity contribution in [3.8, 4) is 6.01 Å². The molecule has 0 unspecified atom stereocenters. The highest BCUT2D eigenvalue weighted by molar-refractivity contribution is 7.99. The van der Waals surface area contributed by atoms with Crippen molar-refractivity contribution in [1.82, 2.24) is 19.9 Å². The molecule has 0 saturated heterocycles. The Kier molecular flexibility index (Phi) is 7.56. The number of rotatable bonds is 9. The summed E-state index contributed by atoms with van der Waals surface area (Å²) in [6.07, 6.45) is 0.0107. The number of nitrogens with zero attached hydrogens (tertiary/aromatic N) is 4. The lowest BCUT2D eigenvalue weighted by molar-refractivity contribution is 0.219. The molecule has 1 heterocycles. The number of nitrogens with one attached hydrogen (secondary N) is 1. The van der Waals surface area contributed by atoms with Gasteiger partial charge in [0.25, 0.3) is 0 Å². The number of thioether (sulfide) groups is 1. The van der Waals surface area contributed by atoms with Crippen LogP contribution in [0.2, 0.25) is 0 Å². The molecule has 1 rings (SSSR count). The van der Waals surface area contributed by atoms with E-state index in [4.69, 9.17) is 10.6 Å². The van der Waals surface area contributed by atoms with Gasteiger partial charge in [-0.2, -0.15) is 15.0 Å². The number of anilines is 1. The number of hydrogen-bond donors (Lipinski definition) is 2. The second kappa shape index (κ2) is 8.93. The Bertz CT molecular complexity index is 400. The van der Waals surface area contributed by atoms with Gasteiger partial charge in [0.1, 0.15) is 0 Å². The summed E-state index contributed by atoms with van der Waals surface area (Å²) in [5, 5.41) is 0.621. The summed E-state index contributed by atoms with van der Waals surface area (Å²) in [6.45, 7) is 11.2. The third-order valence-electron chi connectivity index (χ3n) is 2.60. The Hall–Kier alpha value is -1.12. The average Bonchev–Trinajstić information content (AvgIpc) is 2.42. The van der Waals surface area contributed by atoms with E-state index in [0.29, 0.717) is 17.1 Å². The van der Waals surface area contributed by atoms with E-state index in [9.17, 15) is 0 Å². The van der Waals surface area contributed by atoms with Crippen molar-refractivity contribution in [3.63, 3.8) is 0 Å². The third kappa shape index (κ3) is 5.89. The minimum absolute atomic E-state index is 0.0107. The van der Waals surface area contributed by atoms with Crippen molar-refractivity contribution in [2.45, 2.75) is 39.0 Å². The Morgan fingerprint density at radius 1 is 1.25 bits per heavy atom. The van der Waals surface area contributed by atoms with Gasteiger partial charge in [-0.25, -0.2) is 5.84 Å². The molecule has 0 bridgehead atoms. The zero-order valence-electron chi connectivity index (χ0n) is 12.6. The first-order valence-corrected chi connectivity index (χ1v) is 7.82. The van der Waals surface area contributed by atoms with Crippen molar-refractivity contribution in [2.75, 3.05) is 30.8 Å². The topological polar surface area (TPSA) is 89.2 Å². The maximum atomic E-state index is 5.49. The van der Waals surface area contributed by atoms with Gasteiger partial charge in [0, 0.05) is 12.3 Å². The molecule has 0 aliphatic carbocycles. The van der Waals surface area contributed by atoms with Crippen molar-refractivity contribution in [3.05, 3.63) is 0 Å². The van der Waals surface area contributed by atoms with Gasteiger partial charge in [0.15, 0.2) is 5.16 Å². The van der Waals surface area contributed by atoms with Crippen molar-refractivity contribution < 1.29 is 4.74 Å². The van der Waals surface area contributed by atoms with E-state index in [1.54, 1.807) is 11.8 Å². The zero-order chi connectivity index (χ0) is 15.0. The van der Waals surface area contributed by atoms with E-state index in [1.807, 2.05) is 13.8 Å². The van der Waals surface area contributed by atoms with Crippen LogP contribution in [0.3, 0.4) is 0 Å². The van der Waals surface area contributed by atoms with E-state index in [1.165, 1.54) is 0 Å². The Balaban J connectivity index is 2.64. The van der Waals surface area contributed by atoms with E-state index in [0.717, 1.165) is 25.4 Å². The highest BCUT2D eigenvalue weighted by atomic mass is 32.2. The first-order chi connectivity index (χ1) is 9.58. The van der Waals surface area contributed by atoms with Crippen molar-refractivity contribution in [1.29, 1.82) is 0 Å². The lowest BCUT2D eigenvalue weighted by Crippen LogP contribution is -2.25. The second-order valence-corrected chi connectivity index (χ2v) is 5.47. The van der Waals surface area contributed by atoms with Gasteiger partial charge in [-0.15, -0.1) is 0 Å². The van der Waals surface area contributed by atoms with Gasteiger partial charge < -0.3 is 9.64 Å². The van der Waals surface area contributed by atoms with Crippen LogP contribution in [0.25, 0.3) is 0 Å². The predicted molar refractivity (Wildman–Crippen MR) is 81.9 cm³/mol. The fourth-order valence-corrected chi connectivity index (χ4v) is 2.36. The minimum atomic E-state index is 0.0107. The SMILES string of the molecule is CCN(CC)CCSc1nc(NN)nc(OC(C)C)n1. The Morgan fingerprint density at radius 3 is 2.50 bits per heavy atom. The molecule has 0 amide bonds. The van der Waals surface area contributed by atoms with Gasteiger partial charge in [0.05, 0.1) is 6.10 Å². The van der Waals surface area contributed by atoms with Gasteiger partial charge in [-0.05, 0) is 26.9 Å². The highest BCUT2D eigenvalue weighted by Gasteiger charge is 2.09. The molecule has 7 nitrogen and oxygen atoms in total. The molecule has 114 valence electrons. The number of hydrogen-bond acceptors (Lipinski definition) is 8. The largest absolute Gasteiger partial charge is 0.461 e. The summed E-state index contributed by atoms with van der Waals surface area (Å²) in [5.74, 6) is 6.60. The minimum Gasteiger partial charge on any atom is -0.461 e. The monoisotopic (exact) mass is 300 g/mol.